The Morgan fingerprint density at radius 1 is 1.86 bits per heavy atom. The zero-order chi connectivity index (χ0) is 5.70. The highest BCUT2D eigenvalue weighted by atomic mass is 16.7. The number of hydrogen-bond donors (Lipinski definition) is 2. The second-order valence-corrected chi connectivity index (χ2v) is 1.23. The molecule has 0 fully saturated rings. The van der Waals surface area contributed by atoms with Gasteiger partial charge in [-0.3, -0.25) is 10.7 Å². The zero-order valence-electron chi connectivity index (χ0n) is 4.64. The summed E-state index contributed by atoms with van der Waals surface area (Å²) in [5.74, 6) is 5.15. The lowest BCUT2D eigenvalue weighted by atomic mass is 11.1. The van der Waals surface area contributed by atoms with Crippen molar-refractivity contribution in [1.82, 2.24) is 10.5 Å². The number of hydrogen-bond acceptors (Lipinski definition) is 4. The van der Waals surface area contributed by atoms with Gasteiger partial charge in [0, 0.05) is 14.1 Å². The number of nitrogens with two attached hydrogens (primary N) is 1. The minimum atomic E-state index is 0.399. The van der Waals surface area contributed by atoms with E-state index in [0.717, 1.165) is 0 Å². The van der Waals surface area contributed by atoms with Gasteiger partial charge in [0.05, 0.1) is 0 Å². The molecule has 0 saturated heterocycles. The summed E-state index contributed by atoms with van der Waals surface area (Å²) in [5.41, 5.74) is 2.48. The van der Waals surface area contributed by atoms with Crippen LogP contribution < -0.4 is 11.3 Å². The summed E-state index contributed by atoms with van der Waals surface area (Å²) in [5, 5.41) is 1.43. The fourth-order valence-corrected chi connectivity index (χ4v) is 0.166. The van der Waals surface area contributed by atoms with Gasteiger partial charge in [-0.15, -0.1) is 0 Å². The van der Waals surface area contributed by atoms with Crippen molar-refractivity contribution in [2.45, 2.75) is 0 Å². The third-order valence-corrected chi connectivity index (χ3v) is 0.413. The van der Waals surface area contributed by atoms with Crippen LogP contribution in [-0.2, 0) is 4.84 Å². The summed E-state index contributed by atoms with van der Waals surface area (Å²) in [7, 11) is 3.40. The Balaban J connectivity index is 2.68. The van der Waals surface area contributed by atoms with Gasteiger partial charge in [-0.1, -0.05) is 0 Å². The highest BCUT2D eigenvalue weighted by molar-refractivity contribution is 4.15. The largest absolute Gasteiger partial charge is 0.285 e. The second kappa shape index (κ2) is 4.01. The van der Waals surface area contributed by atoms with Gasteiger partial charge in [0.25, 0.3) is 0 Å². The van der Waals surface area contributed by atoms with Crippen LogP contribution in [0.15, 0.2) is 0 Å². The van der Waals surface area contributed by atoms with E-state index in [0.29, 0.717) is 6.73 Å². The molecule has 0 aromatic rings. The van der Waals surface area contributed by atoms with Crippen molar-refractivity contribution in [3.8, 4) is 0 Å². The first kappa shape index (κ1) is 6.84. The quantitative estimate of drug-likeness (QED) is 0.272. The Morgan fingerprint density at radius 2 is 2.43 bits per heavy atom. The highest BCUT2D eigenvalue weighted by Gasteiger charge is 1.82. The molecule has 0 rings (SSSR count). The molecule has 0 heterocycles. The number of nitrogens with zero attached hydrogens (tertiary/aromatic N) is 1. The number of hydrazine groups is 1. The summed E-state index contributed by atoms with van der Waals surface area (Å²) >= 11 is 0. The average Bonchev–Trinajstić information content (AvgIpc) is 1.61. The predicted octanol–water partition coefficient (Wildman–Crippen LogP) is -1.10. The van der Waals surface area contributed by atoms with Crippen molar-refractivity contribution in [3.63, 3.8) is 0 Å². The summed E-state index contributed by atoms with van der Waals surface area (Å²) in [4.78, 5) is 4.65. The van der Waals surface area contributed by atoms with E-state index >= 15 is 0 Å². The summed E-state index contributed by atoms with van der Waals surface area (Å²) in [6, 6.07) is 0. The molecule has 0 aromatic carbocycles. The van der Waals surface area contributed by atoms with Gasteiger partial charge in [-0.05, 0) is 0 Å². The smallest absolute Gasteiger partial charge is 0.133 e. The van der Waals surface area contributed by atoms with Crippen molar-refractivity contribution in [1.29, 1.82) is 0 Å². The normalized spacial score (nSPS) is 10.3. The third-order valence-electron chi connectivity index (χ3n) is 0.413. The van der Waals surface area contributed by atoms with Crippen molar-refractivity contribution in [2.24, 2.45) is 5.84 Å². The summed E-state index contributed by atoms with van der Waals surface area (Å²) in [6.45, 7) is 0.399. The number of nitrogens with one attached hydrogen (secondary N) is 1. The van der Waals surface area contributed by atoms with E-state index < -0.39 is 0 Å². The third kappa shape index (κ3) is 5.84. The molecule has 0 amide bonds. The van der Waals surface area contributed by atoms with Crippen LogP contribution in [0.5, 0.6) is 0 Å². The SMILES string of the molecule is CNOCN(C)N. The van der Waals surface area contributed by atoms with Gasteiger partial charge >= 0.3 is 0 Å². The molecule has 0 aromatic heterocycles. The van der Waals surface area contributed by atoms with E-state index in [2.05, 4.69) is 10.3 Å². The molecule has 0 atom stereocenters. The number of rotatable bonds is 3. The molecule has 0 saturated carbocycles. The van der Waals surface area contributed by atoms with Gasteiger partial charge in [0.2, 0.25) is 0 Å². The fourth-order valence-electron chi connectivity index (χ4n) is 0.166. The molecule has 0 aliphatic rings. The molecular weight excluding hydrogens is 94.1 g/mol. The monoisotopic (exact) mass is 105 g/mol. The summed E-state index contributed by atoms with van der Waals surface area (Å²) < 4.78 is 0. The van der Waals surface area contributed by atoms with Gasteiger partial charge in [-0.25, -0.2) is 10.5 Å². The Kier molecular flexibility index (Phi) is 3.92. The lowest BCUT2D eigenvalue weighted by molar-refractivity contribution is -0.0129. The molecule has 0 unspecified atom stereocenters. The Bertz CT molecular complexity index is 39.2. The maximum Gasteiger partial charge on any atom is 0.133 e. The first-order valence-corrected chi connectivity index (χ1v) is 2.01. The van der Waals surface area contributed by atoms with Crippen LogP contribution in [-0.4, -0.2) is 25.8 Å². The second-order valence-electron chi connectivity index (χ2n) is 1.23. The standard InChI is InChI=1S/C3H11N3O/c1-5-7-3-6(2)4/h5H,3-4H2,1-2H3. The van der Waals surface area contributed by atoms with Gasteiger partial charge < -0.3 is 0 Å². The van der Waals surface area contributed by atoms with Crippen molar-refractivity contribution in [3.05, 3.63) is 0 Å². The molecule has 0 radical (unpaired) electrons. The van der Waals surface area contributed by atoms with Crippen molar-refractivity contribution >= 4 is 0 Å². The average molecular weight is 105 g/mol. The Labute approximate surface area is 43.2 Å². The zero-order valence-corrected chi connectivity index (χ0v) is 4.64. The van der Waals surface area contributed by atoms with E-state index in [1.165, 1.54) is 5.01 Å². The number of hydroxylamine groups is 1. The van der Waals surface area contributed by atoms with Crippen LogP contribution in [0.25, 0.3) is 0 Å². The minimum Gasteiger partial charge on any atom is -0.285 e. The lowest BCUT2D eigenvalue weighted by Crippen LogP contribution is -2.31. The fraction of sp³-hybridized carbons (Fsp3) is 1.00. The molecule has 4 heteroatoms. The van der Waals surface area contributed by atoms with Crippen LogP contribution in [0.4, 0.5) is 0 Å². The first-order valence-electron chi connectivity index (χ1n) is 2.01. The molecule has 0 bridgehead atoms. The van der Waals surface area contributed by atoms with Crippen LogP contribution in [0.2, 0.25) is 0 Å². The minimum absolute atomic E-state index is 0.399. The molecule has 0 aliphatic carbocycles. The molecule has 3 N–H and O–H groups in total. The van der Waals surface area contributed by atoms with E-state index in [4.69, 9.17) is 5.84 Å². The Hall–Kier alpha value is -0.160. The maximum absolute atomic E-state index is 5.15. The molecular formula is C3H11N3O. The first-order chi connectivity index (χ1) is 3.27. The van der Waals surface area contributed by atoms with Crippen LogP contribution in [0, 0.1) is 0 Å². The van der Waals surface area contributed by atoms with E-state index in [1.54, 1.807) is 14.1 Å². The van der Waals surface area contributed by atoms with Crippen LogP contribution in [0.3, 0.4) is 0 Å². The lowest BCUT2D eigenvalue weighted by Gasteiger charge is -2.06. The van der Waals surface area contributed by atoms with E-state index in [-0.39, 0.29) is 0 Å². The summed E-state index contributed by atoms with van der Waals surface area (Å²) in [6.07, 6.45) is 0. The van der Waals surface area contributed by atoms with Crippen molar-refractivity contribution in [2.75, 3.05) is 20.8 Å². The van der Waals surface area contributed by atoms with E-state index in [9.17, 15) is 0 Å². The van der Waals surface area contributed by atoms with E-state index in [1.807, 2.05) is 0 Å². The van der Waals surface area contributed by atoms with Crippen molar-refractivity contribution < 1.29 is 4.84 Å². The molecule has 0 aliphatic heterocycles. The van der Waals surface area contributed by atoms with Gasteiger partial charge in [0.1, 0.15) is 6.73 Å². The van der Waals surface area contributed by atoms with Crippen LogP contribution in [0.1, 0.15) is 0 Å². The topological polar surface area (TPSA) is 50.5 Å². The van der Waals surface area contributed by atoms with Gasteiger partial charge in [0.15, 0.2) is 0 Å². The Morgan fingerprint density at radius 3 is 2.57 bits per heavy atom. The molecule has 0 spiro atoms. The molecule has 44 valence electrons. The molecule has 4 nitrogen and oxygen atoms in total. The van der Waals surface area contributed by atoms with Gasteiger partial charge in [-0.2, -0.15) is 0 Å². The predicted molar refractivity (Wildman–Crippen MR) is 27.0 cm³/mol. The highest BCUT2D eigenvalue weighted by Crippen LogP contribution is 1.64. The maximum atomic E-state index is 5.15. The molecule has 7 heavy (non-hydrogen) atoms. The van der Waals surface area contributed by atoms with Crippen LogP contribution >= 0.6 is 0 Å².